The lowest BCUT2D eigenvalue weighted by Gasteiger charge is -2.37. The fraction of sp³-hybridized carbons (Fsp3) is 0.447. The normalized spacial score (nSPS) is 16.5. The third-order valence-corrected chi connectivity index (χ3v) is 12.2. The van der Waals surface area contributed by atoms with Gasteiger partial charge in [0.25, 0.3) is 23.3 Å². The van der Waals surface area contributed by atoms with Gasteiger partial charge in [-0.2, -0.15) is 0 Å². The van der Waals surface area contributed by atoms with Gasteiger partial charge in [-0.3, -0.25) is 29.0 Å². The second-order valence-electron chi connectivity index (χ2n) is 16.1. The lowest BCUT2D eigenvalue weighted by molar-refractivity contribution is 0.0650. The molecule has 3 aliphatic heterocycles. The number of imide groups is 1. The first-order chi connectivity index (χ1) is 28.1. The van der Waals surface area contributed by atoms with Crippen molar-refractivity contribution in [2.24, 2.45) is 0 Å². The summed E-state index contributed by atoms with van der Waals surface area (Å²) in [6.07, 6.45) is 4.74. The number of ether oxygens (including phenoxy) is 1. The maximum Gasteiger partial charge on any atom is 0.261 e. The number of fused-ring (bicyclic) bond motifs is 1. The molecule has 0 unspecified atom stereocenters. The molecule has 0 saturated carbocycles. The first-order valence-corrected chi connectivity index (χ1v) is 21.1. The van der Waals surface area contributed by atoms with Crippen molar-refractivity contribution in [2.45, 2.75) is 78.9 Å². The maximum absolute atomic E-state index is 13.9. The summed E-state index contributed by atoms with van der Waals surface area (Å²) in [5, 5.41) is 3.06. The molecule has 3 amide bonds. The molecule has 0 spiro atoms. The van der Waals surface area contributed by atoms with Gasteiger partial charge in [0.1, 0.15) is 0 Å². The summed E-state index contributed by atoms with van der Waals surface area (Å²) >= 11 is 0. The molecule has 4 aromatic rings. The van der Waals surface area contributed by atoms with Crippen molar-refractivity contribution in [3.05, 3.63) is 122 Å². The number of unbranched alkanes of at least 4 members (excludes halogenated alkanes) is 2. The summed E-state index contributed by atoms with van der Waals surface area (Å²) in [6, 6.07) is 22.3. The quantitative estimate of drug-likeness (QED) is 0.104. The van der Waals surface area contributed by atoms with Gasteiger partial charge in [-0.05, 0) is 118 Å². The number of piperazine rings is 1. The zero-order chi connectivity index (χ0) is 40.8. The number of aryl methyl sites for hydroxylation is 2. The predicted molar refractivity (Wildman–Crippen MR) is 229 cm³/mol. The van der Waals surface area contributed by atoms with E-state index in [1.165, 1.54) is 10.5 Å². The molecule has 11 heteroatoms. The molecule has 0 atom stereocenters. The van der Waals surface area contributed by atoms with Crippen LogP contribution < -0.4 is 15.8 Å². The van der Waals surface area contributed by atoms with Gasteiger partial charge in [-0.1, -0.05) is 42.8 Å². The molecule has 2 fully saturated rings. The number of aromatic nitrogens is 1. The van der Waals surface area contributed by atoms with Crippen LogP contribution >= 0.6 is 0 Å². The first kappa shape index (κ1) is 41.1. The minimum atomic E-state index is -0.194. The highest BCUT2D eigenvalue weighted by molar-refractivity contribution is 6.21. The Kier molecular flexibility index (Phi) is 13.2. The average Bonchev–Trinajstić information content (AvgIpc) is 3.47. The molecule has 0 bridgehead atoms. The number of aromatic amines is 1. The van der Waals surface area contributed by atoms with E-state index in [0.717, 1.165) is 125 Å². The van der Waals surface area contributed by atoms with Crippen LogP contribution in [0.25, 0.3) is 11.1 Å². The van der Waals surface area contributed by atoms with Crippen LogP contribution in [-0.4, -0.2) is 102 Å². The fourth-order valence-corrected chi connectivity index (χ4v) is 8.84. The van der Waals surface area contributed by atoms with Crippen LogP contribution in [0.3, 0.4) is 0 Å². The molecule has 3 aliphatic rings. The van der Waals surface area contributed by atoms with E-state index >= 15 is 0 Å². The second kappa shape index (κ2) is 18.7. The Morgan fingerprint density at radius 3 is 2.12 bits per heavy atom. The van der Waals surface area contributed by atoms with Crippen LogP contribution in [0.1, 0.15) is 98.0 Å². The van der Waals surface area contributed by atoms with Crippen molar-refractivity contribution < 1.29 is 19.1 Å². The monoisotopic (exact) mass is 786 g/mol. The van der Waals surface area contributed by atoms with Gasteiger partial charge in [0.2, 0.25) is 0 Å². The highest BCUT2D eigenvalue weighted by Gasteiger charge is 2.34. The standard InChI is InChI=1S/C47H58N6O5/c1-5-52(38-17-25-58-26-18-38)43-29-37(28-41(34(43)4)44(54)48-30-42-32(2)27-33(3)49-45(42)55)36-15-13-35(14-16-36)31-51-23-21-50(22-24-51)19-9-6-10-20-53-46(56)39-11-7-8-12-40(39)47(53)57/h7-8,11-16,27-29,38H,5-6,9-10,17-26,30-31H2,1-4H3,(H,48,54)(H,49,55). The van der Waals surface area contributed by atoms with Crippen LogP contribution in [-0.2, 0) is 17.8 Å². The van der Waals surface area contributed by atoms with Crippen molar-refractivity contribution in [1.29, 1.82) is 0 Å². The van der Waals surface area contributed by atoms with Crippen LogP contribution in [0.2, 0.25) is 0 Å². The zero-order valence-electron chi connectivity index (χ0n) is 34.6. The summed E-state index contributed by atoms with van der Waals surface area (Å²) in [6.45, 7) is 16.8. The van der Waals surface area contributed by atoms with Crippen molar-refractivity contribution in [3.8, 4) is 11.1 Å². The van der Waals surface area contributed by atoms with E-state index in [0.29, 0.717) is 34.8 Å². The summed E-state index contributed by atoms with van der Waals surface area (Å²) in [5.74, 6) is -0.529. The molecule has 0 aliphatic carbocycles. The van der Waals surface area contributed by atoms with Crippen LogP contribution in [0, 0.1) is 20.8 Å². The number of pyridine rings is 1. The van der Waals surface area contributed by atoms with Crippen molar-refractivity contribution in [2.75, 3.05) is 63.9 Å². The Hall–Kier alpha value is -5.10. The topological polar surface area (TPSA) is 118 Å². The second-order valence-corrected chi connectivity index (χ2v) is 16.1. The molecule has 7 rings (SSSR count). The molecule has 3 aromatic carbocycles. The van der Waals surface area contributed by atoms with Crippen LogP contribution in [0.15, 0.2) is 71.5 Å². The molecular formula is C47H58N6O5. The summed E-state index contributed by atoms with van der Waals surface area (Å²) in [5.41, 5.74) is 9.01. The molecule has 11 nitrogen and oxygen atoms in total. The van der Waals surface area contributed by atoms with Gasteiger partial charge >= 0.3 is 0 Å². The Balaban J connectivity index is 0.953. The van der Waals surface area contributed by atoms with Gasteiger partial charge in [0, 0.05) is 94.1 Å². The van der Waals surface area contributed by atoms with Gasteiger partial charge in [-0.15, -0.1) is 0 Å². The molecule has 306 valence electrons. The zero-order valence-corrected chi connectivity index (χ0v) is 34.6. The van der Waals surface area contributed by atoms with E-state index in [1.807, 2.05) is 32.9 Å². The first-order valence-electron chi connectivity index (χ1n) is 21.1. The van der Waals surface area contributed by atoms with Gasteiger partial charge in [-0.25, -0.2) is 0 Å². The number of amides is 3. The largest absolute Gasteiger partial charge is 0.381 e. The van der Waals surface area contributed by atoms with E-state index in [-0.39, 0.29) is 29.8 Å². The maximum atomic E-state index is 13.9. The highest BCUT2D eigenvalue weighted by Crippen LogP contribution is 2.34. The van der Waals surface area contributed by atoms with Gasteiger partial charge in [0.05, 0.1) is 11.1 Å². The van der Waals surface area contributed by atoms with Gasteiger partial charge in [0.15, 0.2) is 0 Å². The highest BCUT2D eigenvalue weighted by atomic mass is 16.5. The smallest absolute Gasteiger partial charge is 0.261 e. The number of carbonyl (C=O) groups is 3. The van der Waals surface area contributed by atoms with Crippen LogP contribution in [0.4, 0.5) is 5.69 Å². The molecule has 2 N–H and O–H groups in total. The molecule has 4 heterocycles. The average molecular weight is 787 g/mol. The summed E-state index contributed by atoms with van der Waals surface area (Å²) in [7, 11) is 0. The number of hydrogen-bond acceptors (Lipinski definition) is 8. The SMILES string of the molecule is CCN(c1cc(-c2ccc(CN3CCN(CCCCCN4C(=O)c5ccccc5C4=O)CC3)cc2)cc(C(=O)NCc2c(C)cc(C)[nH]c2=O)c1C)C1CCOCC1. The van der Waals surface area contributed by atoms with E-state index in [9.17, 15) is 19.2 Å². The Morgan fingerprint density at radius 2 is 1.47 bits per heavy atom. The Bertz CT molecular complexity index is 2130. The summed E-state index contributed by atoms with van der Waals surface area (Å²) < 4.78 is 5.70. The molecule has 1 aromatic heterocycles. The van der Waals surface area contributed by atoms with Crippen molar-refractivity contribution in [3.63, 3.8) is 0 Å². The number of nitrogens with zero attached hydrogens (tertiary/aromatic N) is 4. The van der Waals surface area contributed by atoms with Crippen molar-refractivity contribution in [1.82, 2.24) is 25.0 Å². The molecule has 2 saturated heterocycles. The Morgan fingerprint density at radius 1 is 0.810 bits per heavy atom. The van der Waals surface area contributed by atoms with E-state index in [2.05, 4.69) is 62.3 Å². The number of anilines is 1. The molecular weight excluding hydrogens is 729 g/mol. The summed E-state index contributed by atoms with van der Waals surface area (Å²) in [4.78, 5) is 63.7. The van der Waals surface area contributed by atoms with E-state index < -0.39 is 0 Å². The lowest BCUT2D eigenvalue weighted by atomic mass is 9.94. The molecule has 58 heavy (non-hydrogen) atoms. The molecule has 0 radical (unpaired) electrons. The van der Waals surface area contributed by atoms with E-state index in [1.54, 1.807) is 24.3 Å². The Labute approximate surface area is 342 Å². The number of benzene rings is 3. The minimum absolute atomic E-state index is 0.154. The van der Waals surface area contributed by atoms with Crippen LogP contribution in [0.5, 0.6) is 0 Å². The third-order valence-electron chi connectivity index (χ3n) is 12.2. The number of hydrogen-bond donors (Lipinski definition) is 2. The third kappa shape index (κ3) is 9.27. The number of rotatable bonds is 15. The number of carbonyl (C=O) groups excluding carboxylic acids is 3. The van der Waals surface area contributed by atoms with Crippen molar-refractivity contribution >= 4 is 23.4 Å². The number of H-pyrrole nitrogens is 1. The lowest BCUT2D eigenvalue weighted by Crippen LogP contribution is -2.46. The minimum Gasteiger partial charge on any atom is -0.381 e. The fourth-order valence-electron chi connectivity index (χ4n) is 8.84. The van der Waals surface area contributed by atoms with Gasteiger partial charge < -0.3 is 24.8 Å². The predicted octanol–water partition coefficient (Wildman–Crippen LogP) is 6.49. The number of nitrogens with one attached hydrogen (secondary N) is 2. The van der Waals surface area contributed by atoms with E-state index in [4.69, 9.17) is 4.74 Å².